The van der Waals surface area contributed by atoms with Gasteiger partial charge in [-0.05, 0) is 24.1 Å². The average molecular weight is 313 g/mol. The van der Waals surface area contributed by atoms with Gasteiger partial charge >= 0.3 is 11.8 Å². The predicted octanol–water partition coefficient (Wildman–Crippen LogP) is 2.16. The monoisotopic (exact) mass is 313 g/mol. The van der Waals surface area contributed by atoms with Crippen molar-refractivity contribution in [2.75, 3.05) is 5.32 Å². The molecule has 7 nitrogen and oxygen atoms in total. The number of benzene rings is 2. The predicted molar refractivity (Wildman–Crippen MR) is 84.8 cm³/mol. The number of anilines is 1. The number of amides is 2. The summed E-state index contributed by atoms with van der Waals surface area (Å²) in [6.45, 7) is 2.10. The van der Waals surface area contributed by atoms with E-state index in [0.29, 0.717) is 0 Å². The summed E-state index contributed by atoms with van der Waals surface area (Å²) >= 11 is 0. The summed E-state index contributed by atoms with van der Waals surface area (Å²) in [5.41, 5.74) is 1.59. The number of nitro benzene ring substituents is 1. The molecule has 0 bridgehead atoms. The van der Waals surface area contributed by atoms with Gasteiger partial charge in [-0.2, -0.15) is 0 Å². The molecule has 2 N–H and O–H groups in total. The Labute approximate surface area is 132 Å². The molecule has 7 heteroatoms. The lowest BCUT2D eigenvalue weighted by atomic mass is 10.1. The number of para-hydroxylation sites is 2. The van der Waals surface area contributed by atoms with Gasteiger partial charge in [-0.1, -0.05) is 36.4 Å². The van der Waals surface area contributed by atoms with Crippen molar-refractivity contribution in [2.24, 2.45) is 0 Å². The van der Waals surface area contributed by atoms with Gasteiger partial charge in [0.05, 0.1) is 4.92 Å². The fourth-order valence-electron chi connectivity index (χ4n) is 1.98. The first-order chi connectivity index (χ1) is 11.0. The van der Waals surface area contributed by atoms with Crippen molar-refractivity contribution < 1.29 is 14.5 Å². The normalized spacial score (nSPS) is 9.96. The molecule has 0 saturated carbocycles. The highest BCUT2D eigenvalue weighted by Gasteiger charge is 2.19. The minimum absolute atomic E-state index is 0.0199. The van der Waals surface area contributed by atoms with Gasteiger partial charge < -0.3 is 10.6 Å². The third-order valence-corrected chi connectivity index (χ3v) is 3.26. The first-order valence-electron chi connectivity index (χ1n) is 6.86. The van der Waals surface area contributed by atoms with E-state index in [1.165, 1.54) is 24.3 Å². The maximum Gasteiger partial charge on any atom is 0.313 e. The van der Waals surface area contributed by atoms with Crippen molar-refractivity contribution in [3.63, 3.8) is 0 Å². The van der Waals surface area contributed by atoms with Crippen LogP contribution in [0.25, 0.3) is 0 Å². The van der Waals surface area contributed by atoms with Crippen molar-refractivity contribution in [3.8, 4) is 0 Å². The maximum absolute atomic E-state index is 11.8. The van der Waals surface area contributed by atoms with E-state index in [2.05, 4.69) is 10.6 Å². The zero-order valence-electron chi connectivity index (χ0n) is 12.4. The Morgan fingerprint density at radius 2 is 1.70 bits per heavy atom. The first-order valence-corrected chi connectivity index (χ1v) is 6.86. The van der Waals surface area contributed by atoms with Crippen molar-refractivity contribution in [1.29, 1.82) is 0 Å². The van der Waals surface area contributed by atoms with E-state index in [0.717, 1.165) is 11.1 Å². The Morgan fingerprint density at radius 3 is 2.39 bits per heavy atom. The number of carbonyl (C=O) groups is 2. The molecule has 2 amide bonds. The number of nitrogens with one attached hydrogen (secondary N) is 2. The van der Waals surface area contributed by atoms with Crippen LogP contribution in [-0.2, 0) is 16.1 Å². The Hall–Kier alpha value is -3.22. The van der Waals surface area contributed by atoms with E-state index in [1.807, 2.05) is 31.2 Å². The third kappa shape index (κ3) is 4.13. The highest BCUT2D eigenvalue weighted by Crippen LogP contribution is 2.22. The largest absolute Gasteiger partial charge is 0.344 e. The smallest absolute Gasteiger partial charge is 0.313 e. The summed E-state index contributed by atoms with van der Waals surface area (Å²) in [5, 5.41) is 15.6. The van der Waals surface area contributed by atoms with Crippen LogP contribution < -0.4 is 10.6 Å². The van der Waals surface area contributed by atoms with Gasteiger partial charge in [0.15, 0.2) is 0 Å². The minimum Gasteiger partial charge on any atom is -0.344 e. The van der Waals surface area contributed by atoms with Gasteiger partial charge in [0.1, 0.15) is 5.69 Å². The van der Waals surface area contributed by atoms with Crippen LogP contribution >= 0.6 is 0 Å². The van der Waals surface area contributed by atoms with Gasteiger partial charge in [0.2, 0.25) is 0 Å². The number of aryl methyl sites for hydroxylation is 1. The van der Waals surface area contributed by atoms with Gasteiger partial charge in [-0.25, -0.2) is 0 Å². The van der Waals surface area contributed by atoms with Crippen molar-refractivity contribution in [3.05, 3.63) is 69.8 Å². The number of nitro groups is 1. The molecule has 0 aliphatic heterocycles. The summed E-state index contributed by atoms with van der Waals surface area (Å²) in [7, 11) is 0. The van der Waals surface area contributed by atoms with Crippen LogP contribution in [0.5, 0.6) is 0 Å². The highest BCUT2D eigenvalue weighted by atomic mass is 16.6. The lowest BCUT2D eigenvalue weighted by Crippen LogP contribution is -2.35. The molecule has 0 aliphatic rings. The summed E-state index contributed by atoms with van der Waals surface area (Å²) in [4.78, 5) is 33.9. The summed E-state index contributed by atoms with van der Waals surface area (Å²) in [5.74, 6) is -1.81. The van der Waals surface area contributed by atoms with Gasteiger partial charge in [-0.15, -0.1) is 0 Å². The highest BCUT2D eigenvalue weighted by molar-refractivity contribution is 6.39. The van der Waals surface area contributed by atoms with E-state index in [1.54, 1.807) is 0 Å². The Balaban J connectivity index is 2.00. The quantitative estimate of drug-likeness (QED) is 0.513. The van der Waals surface area contributed by atoms with Crippen molar-refractivity contribution in [2.45, 2.75) is 13.5 Å². The molecule has 0 atom stereocenters. The third-order valence-electron chi connectivity index (χ3n) is 3.26. The molecule has 0 aliphatic carbocycles. The van der Waals surface area contributed by atoms with E-state index in [-0.39, 0.29) is 17.9 Å². The van der Waals surface area contributed by atoms with Crippen LogP contribution in [0, 0.1) is 17.0 Å². The molecular weight excluding hydrogens is 298 g/mol. The molecule has 0 radical (unpaired) electrons. The molecule has 118 valence electrons. The second-order valence-electron chi connectivity index (χ2n) is 4.84. The molecule has 2 aromatic carbocycles. The van der Waals surface area contributed by atoms with Crippen LogP contribution in [-0.4, -0.2) is 16.7 Å². The standard InChI is InChI=1S/C16H15N3O4/c1-11-6-2-3-7-12(11)10-17-15(20)16(21)18-13-8-4-5-9-14(13)19(22)23/h2-9H,10H2,1H3,(H,17,20)(H,18,21). The fourth-order valence-corrected chi connectivity index (χ4v) is 1.98. The molecule has 0 fully saturated rings. The van der Waals surface area contributed by atoms with Crippen molar-refractivity contribution in [1.82, 2.24) is 5.32 Å². The lowest BCUT2D eigenvalue weighted by Gasteiger charge is -2.08. The van der Waals surface area contributed by atoms with Gasteiger partial charge in [-0.3, -0.25) is 19.7 Å². The first kappa shape index (κ1) is 16.2. The summed E-state index contributed by atoms with van der Waals surface area (Å²) in [6, 6.07) is 13.1. The number of hydrogen-bond donors (Lipinski definition) is 2. The molecule has 0 heterocycles. The van der Waals surface area contributed by atoms with E-state index in [4.69, 9.17) is 0 Å². The zero-order chi connectivity index (χ0) is 16.8. The maximum atomic E-state index is 11.8. The van der Waals surface area contributed by atoms with E-state index < -0.39 is 16.7 Å². The van der Waals surface area contributed by atoms with Crippen LogP contribution in [0.3, 0.4) is 0 Å². The molecule has 0 saturated heterocycles. The minimum atomic E-state index is -0.951. The zero-order valence-corrected chi connectivity index (χ0v) is 12.4. The van der Waals surface area contributed by atoms with E-state index >= 15 is 0 Å². The Kier molecular flexibility index (Phi) is 5.03. The molecule has 2 rings (SSSR count). The topological polar surface area (TPSA) is 101 Å². The van der Waals surface area contributed by atoms with E-state index in [9.17, 15) is 19.7 Å². The summed E-state index contributed by atoms with van der Waals surface area (Å²) < 4.78 is 0. The fraction of sp³-hybridized carbons (Fsp3) is 0.125. The molecule has 0 unspecified atom stereocenters. The van der Waals surface area contributed by atoms with Crippen molar-refractivity contribution >= 4 is 23.2 Å². The average Bonchev–Trinajstić information content (AvgIpc) is 2.54. The molecular formula is C16H15N3O4. The molecule has 0 aromatic heterocycles. The lowest BCUT2D eigenvalue weighted by molar-refractivity contribution is -0.383. The summed E-state index contributed by atoms with van der Waals surface area (Å²) in [6.07, 6.45) is 0. The SMILES string of the molecule is Cc1ccccc1CNC(=O)C(=O)Nc1ccccc1[N+](=O)[O-]. The molecule has 2 aromatic rings. The van der Waals surface area contributed by atoms with Crippen LogP contribution in [0.1, 0.15) is 11.1 Å². The number of carbonyl (C=O) groups excluding carboxylic acids is 2. The Morgan fingerprint density at radius 1 is 1.04 bits per heavy atom. The second-order valence-corrected chi connectivity index (χ2v) is 4.84. The number of nitrogens with zero attached hydrogens (tertiary/aromatic N) is 1. The van der Waals surface area contributed by atoms with Crippen LogP contribution in [0.4, 0.5) is 11.4 Å². The van der Waals surface area contributed by atoms with Gasteiger partial charge in [0, 0.05) is 12.6 Å². The number of hydrogen-bond acceptors (Lipinski definition) is 4. The van der Waals surface area contributed by atoms with Crippen LogP contribution in [0.15, 0.2) is 48.5 Å². The Bertz CT molecular complexity index is 758. The van der Waals surface area contributed by atoms with Crippen LogP contribution in [0.2, 0.25) is 0 Å². The van der Waals surface area contributed by atoms with Gasteiger partial charge in [0.25, 0.3) is 5.69 Å². The second kappa shape index (κ2) is 7.17. The number of rotatable bonds is 4. The molecule has 0 spiro atoms. The molecule has 23 heavy (non-hydrogen) atoms.